The Morgan fingerprint density at radius 2 is 2.06 bits per heavy atom. The van der Waals surface area contributed by atoms with E-state index in [0.29, 0.717) is 5.56 Å². The monoisotopic (exact) mass is 222 g/mol. The first-order valence-electron chi connectivity index (χ1n) is 4.88. The minimum absolute atomic E-state index is 0.00736. The van der Waals surface area contributed by atoms with Crippen LogP contribution in [0.1, 0.15) is 23.2 Å². The van der Waals surface area contributed by atoms with Gasteiger partial charge in [0.15, 0.2) is 5.78 Å². The summed E-state index contributed by atoms with van der Waals surface area (Å²) >= 11 is 0. The summed E-state index contributed by atoms with van der Waals surface area (Å²) in [5.74, 6) is -0.788. The molecule has 0 bridgehead atoms. The molecule has 0 saturated carbocycles. The molecule has 1 atom stereocenters. The van der Waals surface area contributed by atoms with Crippen molar-refractivity contribution >= 4 is 11.7 Å². The number of aromatic hydroxyl groups is 1. The highest BCUT2D eigenvalue weighted by Crippen LogP contribution is 2.13. The first kappa shape index (κ1) is 12.2. The molecule has 1 aromatic carbocycles. The van der Waals surface area contributed by atoms with E-state index in [2.05, 4.69) is 0 Å². The first-order valence-corrected chi connectivity index (χ1v) is 4.88. The van der Waals surface area contributed by atoms with E-state index in [1.807, 2.05) is 0 Å². The lowest BCUT2D eigenvalue weighted by atomic mass is 10.0. The Morgan fingerprint density at radius 1 is 1.38 bits per heavy atom. The van der Waals surface area contributed by atoms with Gasteiger partial charge in [0.25, 0.3) is 0 Å². The van der Waals surface area contributed by atoms with E-state index in [-0.39, 0.29) is 24.4 Å². The summed E-state index contributed by atoms with van der Waals surface area (Å²) in [5.41, 5.74) is 10.9. The molecular weight excluding hydrogens is 208 g/mol. The summed E-state index contributed by atoms with van der Waals surface area (Å²) in [5, 5.41) is 9.19. The van der Waals surface area contributed by atoms with Crippen molar-refractivity contribution in [1.29, 1.82) is 0 Å². The molecule has 0 aromatic heterocycles. The van der Waals surface area contributed by atoms with Gasteiger partial charge in [0.05, 0.1) is 6.04 Å². The number of rotatable bonds is 5. The maximum absolute atomic E-state index is 11.7. The summed E-state index contributed by atoms with van der Waals surface area (Å²) in [4.78, 5) is 22.3. The number of hydrogen-bond acceptors (Lipinski definition) is 4. The second kappa shape index (κ2) is 5.27. The van der Waals surface area contributed by atoms with Gasteiger partial charge in [-0.05, 0) is 18.6 Å². The van der Waals surface area contributed by atoms with Crippen LogP contribution in [0, 0.1) is 0 Å². The van der Waals surface area contributed by atoms with Crippen molar-refractivity contribution in [3.8, 4) is 5.75 Å². The molecule has 0 fully saturated rings. The van der Waals surface area contributed by atoms with E-state index in [1.165, 1.54) is 12.1 Å². The van der Waals surface area contributed by atoms with Gasteiger partial charge in [-0.1, -0.05) is 12.1 Å². The van der Waals surface area contributed by atoms with Crippen LogP contribution < -0.4 is 11.5 Å². The maximum Gasteiger partial charge on any atom is 0.217 e. The predicted octanol–water partition coefficient (Wildman–Crippen LogP) is 0.168. The molecule has 5 nitrogen and oxygen atoms in total. The number of carbonyl (C=O) groups is 2. The average Bonchev–Trinajstić information content (AvgIpc) is 2.24. The first-order chi connectivity index (χ1) is 7.50. The van der Waals surface area contributed by atoms with Crippen LogP contribution in [0.3, 0.4) is 0 Å². The fraction of sp³-hybridized carbons (Fsp3) is 0.273. The molecule has 1 rings (SSSR count). The molecule has 5 heteroatoms. The number of phenols is 1. The van der Waals surface area contributed by atoms with Crippen LogP contribution in [0.4, 0.5) is 0 Å². The Hall–Kier alpha value is -1.88. The van der Waals surface area contributed by atoms with Gasteiger partial charge >= 0.3 is 0 Å². The van der Waals surface area contributed by atoms with Crippen molar-refractivity contribution in [2.75, 3.05) is 0 Å². The SMILES string of the molecule is NC(=O)CCC(N)C(=O)c1cccc(O)c1. The molecule has 0 spiro atoms. The van der Waals surface area contributed by atoms with E-state index in [9.17, 15) is 14.7 Å². The molecule has 16 heavy (non-hydrogen) atoms. The maximum atomic E-state index is 11.7. The van der Waals surface area contributed by atoms with E-state index in [0.717, 1.165) is 0 Å². The Labute approximate surface area is 93.1 Å². The molecule has 1 amide bonds. The molecule has 0 aliphatic heterocycles. The van der Waals surface area contributed by atoms with Gasteiger partial charge in [0, 0.05) is 12.0 Å². The molecule has 0 radical (unpaired) electrons. The number of nitrogens with two attached hydrogens (primary N) is 2. The lowest BCUT2D eigenvalue weighted by Gasteiger charge is -2.09. The normalized spacial score (nSPS) is 12.1. The minimum Gasteiger partial charge on any atom is -0.508 e. The summed E-state index contributed by atoms with van der Waals surface area (Å²) in [6.07, 6.45) is 0.287. The van der Waals surface area contributed by atoms with Gasteiger partial charge in [-0.3, -0.25) is 9.59 Å². The number of amides is 1. The summed E-state index contributed by atoms with van der Waals surface area (Å²) in [7, 11) is 0. The van der Waals surface area contributed by atoms with E-state index in [4.69, 9.17) is 11.5 Å². The predicted molar refractivity (Wildman–Crippen MR) is 58.8 cm³/mol. The Bertz CT molecular complexity index is 404. The zero-order valence-electron chi connectivity index (χ0n) is 8.72. The van der Waals surface area contributed by atoms with E-state index < -0.39 is 11.9 Å². The third-order valence-corrected chi connectivity index (χ3v) is 2.17. The zero-order chi connectivity index (χ0) is 12.1. The fourth-order valence-electron chi connectivity index (χ4n) is 1.30. The highest BCUT2D eigenvalue weighted by molar-refractivity contribution is 6.00. The van der Waals surface area contributed by atoms with Crippen LogP contribution in [-0.2, 0) is 4.79 Å². The number of hydrogen-bond donors (Lipinski definition) is 3. The highest BCUT2D eigenvalue weighted by Gasteiger charge is 2.16. The Kier molecular flexibility index (Phi) is 4.02. The van der Waals surface area contributed by atoms with Gasteiger partial charge < -0.3 is 16.6 Å². The van der Waals surface area contributed by atoms with Crippen LogP contribution in [0.15, 0.2) is 24.3 Å². The van der Waals surface area contributed by atoms with Crippen molar-refractivity contribution in [2.24, 2.45) is 11.5 Å². The van der Waals surface area contributed by atoms with Crippen molar-refractivity contribution < 1.29 is 14.7 Å². The zero-order valence-corrected chi connectivity index (χ0v) is 8.72. The van der Waals surface area contributed by atoms with Gasteiger partial charge in [-0.2, -0.15) is 0 Å². The number of ketones is 1. The van der Waals surface area contributed by atoms with Gasteiger partial charge in [-0.15, -0.1) is 0 Å². The van der Waals surface area contributed by atoms with E-state index >= 15 is 0 Å². The second-order valence-electron chi connectivity index (χ2n) is 3.53. The Balaban J connectivity index is 2.67. The van der Waals surface area contributed by atoms with E-state index in [1.54, 1.807) is 12.1 Å². The van der Waals surface area contributed by atoms with Crippen molar-refractivity contribution in [3.63, 3.8) is 0 Å². The molecule has 0 heterocycles. The van der Waals surface area contributed by atoms with Crippen LogP contribution in [0.5, 0.6) is 5.75 Å². The average molecular weight is 222 g/mol. The number of primary amides is 1. The molecule has 1 unspecified atom stereocenters. The molecule has 0 saturated heterocycles. The molecular formula is C11H14N2O3. The summed E-state index contributed by atoms with van der Waals surface area (Å²) < 4.78 is 0. The number of Topliss-reactive ketones (excluding diaryl/α,β-unsaturated/α-hetero) is 1. The Morgan fingerprint density at radius 3 is 2.62 bits per heavy atom. The molecule has 1 aromatic rings. The molecule has 5 N–H and O–H groups in total. The quantitative estimate of drug-likeness (QED) is 0.617. The smallest absolute Gasteiger partial charge is 0.217 e. The standard InChI is InChI=1S/C11H14N2O3/c12-9(4-5-10(13)15)11(16)7-2-1-3-8(14)6-7/h1-3,6,9,14H,4-5,12H2,(H2,13,15). The fourth-order valence-corrected chi connectivity index (χ4v) is 1.30. The number of carbonyl (C=O) groups excluding carboxylic acids is 2. The van der Waals surface area contributed by atoms with Crippen molar-refractivity contribution in [1.82, 2.24) is 0 Å². The topological polar surface area (TPSA) is 106 Å². The van der Waals surface area contributed by atoms with Gasteiger partial charge in [-0.25, -0.2) is 0 Å². The number of phenolic OH excluding ortho intramolecular Hbond substituents is 1. The summed E-state index contributed by atoms with van der Waals surface area (Å²) in [6, 6.07) is 5.16. The lowest BCUT2D eigenvalue weighted by molar-refractivity contribution is -0.118. The lowest BCUT2D eigenvalue weighted by Crippen LogP contribution is -2.31. The van der Waals surface area contributed by atoms with Crippen LogP contribution in [0.25, 0.3) is 0 Å². The minimum atomic E-state index is -0.769. The largest absolute Gasteiger partial charge is 0.508 e. The van der Waals surface area contributed by atoms with Crippen LogP contribution in [0.2, 0.25) is 0 Å². The third kappa shape index (κ3) is 3.36. The molecule has 0 aliphatic carbocycles. The summed E-state index contributed by atoms with van der Waals surface area (Å²) in [6.45, 7) is 0. The highest BCUT2D eigenvalue weighted by atomic mass is 16.3. The van der Waals surface area contributed by atoms with Crippen LogP contribution >= 0.6 is 0 Å². The van der Waals surface area contributed by atoms with Gasteiger partial charge in [0.1, 0.15) is 5.75 Å². The number of benzene rings is 1. The van der Waals surface area contributed by atoms with Crippen molar-refractivity contribution in [3.05, 3.63) is 29.8 Å². The molecule has 86 valence electrons. The second-order valence-corrected chi connectivity index (χ2v) is 3.53. The van der Waals surface area contributed by atoms with Gasteiger partial charge in [0.2, 0.25) is 5.91 Å². The molecule has 0 aliphatic rings. The third-order valence-electron chi connectivity index (χ3n) is 2.17. The van der Waals surface area contributed by atoms with Crippen molar-refractivity contribution in [2.45, 2.75) is 18.9 Å². The van der Waals surface area contributed by atoms with Crippen LogP contribution in [-0.4, -0.2) is 22.8 Å².